The Labute approximate surface area is 112 Å². The molecule has 0 heterocycles. The molecule has 0 bridgehead atoms. The lowest BCUT2D eigenvalue weighted by Crippen LogP contribution is -2.24. The highest BCUT2D eigenvalue weighted by Gasteiger charge is 2.17. The largest absolute Gasteiger partial charge is 0.328 e. The van der Waals surface area contributed by atoms with Gasteiger partial charge in [0.2, 0.25) is 0 Å². The molecular weight excluding hydrogens is 220 g/mol. The number of benzene rings is 1. The first-order chi connectivity index (χ1) is 8.32. The van der Waals surface area contributed by atoms with E-state index in [1.54, 1.807) is 0 Å². The molecule has 2 nitrogen and oxygen atoms in total. The van der Waals surface area contributed by atoms with Gasteiger partial charge < -0.3 is 10.6 Å². The van der Waals surface area contributed by atoms with Crippen LogP contribution in [0.4, 0.5) is 0 Å². The van der Waals surface area contributed by atoms with Crippen molar-refractivity contribution in [2.45, 2.75) is 52.6 Å². The van der Waals surface area contributed by atoms with Crippen molar-refractivity contribution in [3.05, 3.63) is 34.4 Å². The summed E-state index contributed by atoms with van der Waals surface area (Å²) in [5.41, 5.74) is 11.5. The highest BCUT2D eigenvalue weighted by molar-refractivity contribution is 5.38. The lowest BCUT2D eigenvalue weighted by Gasteiger charge is -2.27. The fraction of sp³-hybridized carbons (Fsp3) is 0.625. The standard InChI is InChI=1S/C16H28N2/c1-11-9-13(3)15(10-12(11)2)16(18(5)6)8-7-14(4)17/h9-10,14,16H,7-8,17H2,1-6H3. The summed E-state index contributed by atoms with van der Waals surface area (Å²) in [5.74, 6) is 0. The molecule has 0 aliphatic rings. The topological polar surface area (TPSA) is 29.3 Å². The normalized spacial score (nSPS) is 14.9. The zero-order valence-electron chi connectivity index (χ0n) is 12.7. The van der Waals surface area contributed by atoms with Gasteiger partial charge in [0.15, 0.2) is 0 Å². The monoisotopic (exact) mass is 248 g/mol. The van der Waals surface area contributed by atoms with Crippen LogP contribution in [-0.4, -0.2) is 25.0 Å². The lowest BCUT2D eigenvalue weighted by molar-refractivity contribution is 0.274. The molecular formula is C16H28N2. The van der Waals surface area contributed by atoms with E-state index in [1.807, 2.05) is 0 Å². The highest BCUT2D eigenvalue weighted by atomic mass is 15.1. The van der Waals surface area contributed by atoms with E-state index in [-0.39, 0.29) is 6.04 Å². The quantitative estimate of drug-likeness (QED) is 0.866. The third-order valence-corrected chi connectivity index (χ3v) is 3.76. The molecule has 0 radical (unpaired) electrons. The van der Waals surface area contributed by atoms with Crippen LogP contribution in [0.5, 0.6) is 0 Å². The summed E-state index contributed by atoms with van der Waals surface area (Å²) in [7, 11) is 4.31. The number of nitrogens with zero attached hydrogens (tertiary/aromatic N) is 1. The third-order valence-electron chi connectivity index (χ3n) is 3.76. The molecule has 0 fully saturated rings. The molecule has 2 unspecified atom stereocenters. The molecule has 2 N–H and O–H groups in total. The van der Waals surface area contributed by atoms with Crippen molar-refractivity contribution in [2.24, 2.45) is 5.73 Å². The third kappa shape index (κ3) is 3.82. The summed E-state index contributed by atoms with van der Waals surface area (Å²) >= 11 is 0. The molecule has 0 aliphatic heterocycles. The van der Waals surface area contributed by atoms with Crippen molar-refractivity contribution < 1.29 is 0 Å². The smallest absolute Gasteiger partial charge is 0.0345 e. The SMILES string of the molecule is Cc1cc(C)c(C(CCC(C)N)N(C)C)cc1C. The number of hydrogen-bond acceptors (Lipinski definition) is 2. The predicted molar refractivity (Wildman–Crippen MR) is 80.0 cm³/mol. The molecule has 18 heavy (non-hydrogen) atoms. The first kappa shape index (κ1) is 15.2. The summed E-state index contributed by atoms with van der Waals surface area (Å²) < 4.78 is 0. The second-order valence-corrected chi connectivity index (χ2v) is 5.83. The van der Waals surface area contributed by atoms with Crippen LogP contribution in [0.3, 0.4) is 0 Å². The summed E-state index contributed by atoms with van der Waals surface area (Å²) in [6.07, 6.45) is 2.18. The number of aryl methyl sites for hydroxylation is 3. The van der Waals surface area contributed by atoms with E-state index in [0.29, 0.717) is 6.04 Å². The zero-order valence-corrected chi connectivity index (χ0v) is 12.7. The van der Waals surface area contributed by atoms with Gasteiger partial charge in [0.1, 0.15) is 0 Å². The van der Waals surface area contributed by atoms with Crippen LogP contribution in [0.25, 0.3) is 0 Å². The number of nitrogens with two attached hydrogens (primary N) is 1. The summed E-state index contributed by atoms with van der Waals surface area (Å²) in [6, 6.07) is 5.39. The summed E-state index contributed by atoms with van der Waals surface area (Å²) in [6.45, 7) is 8.67. The Morgan fingerprint density at radius 2 is 1.56 bits per heavy atom. The van der Waals surface area contributed by atoms with Gasteiger partial charge in [-0.2, -0.15) is 0 Å². The molecule has 1 rings (SSSR count). The lowest BCUT2D eigenvalue weighted by atomic mass is 9.92. The van der Waals surface area contributed by atoms with Crippen LogP contribution in [0.1, 0.15) is 48.1 Å². The van der Waals surface area contributed by atoms with E-state index < -0.39 is 0 Å². The molecule has 0 spiro atoms. The van der Waals surface area contributed by atoms with Gasteiger partial charge in [0.25, 0.3) is 0 Å². The van der Waals surface area contributed by atoms with Crippen molar-refractivity contribution in [3.63, 3.8) is 0 Å². The van der Waals surface area contributed by atoms with Gasteiger partial charge in [0, 0.05) is 12.1 Å². The Morgan fingerprint density at radius 3 is 2.06 bits per heavy atom. The Morgan fingerprint density at radius 1 is 1.00 bits per heavy atom. The second kappa shape index (κ2) is 6.35. The molecule has 2 atom stereocenters. The number of hydrogen-bond donors (Lipinski definition) is 1. The minimum Gasteiger partial charge on any atom is -0.328 e. The summed E-state index contributed by atoms with van der Waals surface area (Å²) in [5, 5.41) is 0. The van der Waals surface area contributed by atoms with Gasteiger partial charge in [0.05, 0.1) is 0 Å². The Balaban J connectivity index is 3.02. The molecule has 0 amide bonds. The van der Waals surface area contributed by atoms with E-state index >= 15 is 0 Å². The molecule has 0 aromatic heterocycles. The van der Waals surface area contributed by atoms with E-state index in [4.69, 9.17) is 5.73 Å². The molecule has 102 valence electrons. The molecule has 0 saturated carbocycles. The number of rotatable bonds is 5. The van der Waals surface area contributed by atoms with Gasteiger partial charge in [-0.25, -0.2) is 0 Å². The van der Waals surface area contributed by atoms with Gasteiger partial charge in [-0.15, -0.1) is 0 Å². The average molecular weight is 248 g/mol. The average Bonchev–Trinajstić information content (AvgIpc) is 2.24. The zero-order chi connectivity index (χ0) is 13.9. The maximum Gasteiger partial charge on any atom is 0.0345 e. The van der Waals surface area contributed by atoms with Crippen molar-refractivity contribution >= 4 is 0 Å². The second-order valence-electron chi connectivity index (χ2n) is 5.83. The van der Waals surface area contributed by atoms with Crippen LogP contribution < -0.4 is 5.73 Å². The minimum absolute atomic E-state index is 0.277. The van der Waals surface area contributed by atoms with Crippen molar-refractivity contribution in [1.82, 2.24) is 4.90 Å². The Bertz CT molecular complexity index is 394. The fourth-order valence-electron chi connectivity index (χ4n) is 2.45. The van der Waals surface area contributed by atoms with E-state index in [2.05, 4.69) is 58.8 Å². The maximum atomic E-state index is 5.89. The molecule has 2 heteroatoms. The molecule has 0 aliphatic carbocycles. The highest BCUT2D eigenvalue weighted by Crippen LogP contribution is 2.28. The van der Waals surface area contributed by atoms with E-state index in [1.165, 1.54) is 22.3 Å². The Kier molecular flexibility index (Phi) is 5.36. The first-order valence-corrected chi connectivity index (χ1v) is 6.82. The van der Waals surface area contributed by atoms with Gasteiger partial charge in [-0.05, 0) is 76.9 Å². The fourth-order valence-corrected chi connectivity index (χ4v) is 2.45. The molecule has 1 aromatic rings. The predicted octanol–water partition coefficient (Wildman–Crippen LogP) is 3.34. The van der Waals surface area contributed by atoms with Crippen LogP contribution in [0, 0.1) is 20.8 Å². The van der Waals surface area contributed by atoms with Crippen LogP contribution in [-0.2, 0) is 0 Å². The van der Waals surface area contributed by atoms with E-state index in [9.17, 15) is 0 Å². The first-order valence-electron chi connectivity index (χ1n) is 6.82. The van der Waals surface area contributed by atoms with Crippen LogP contribution in [0.2, 0.25) is 0 Å². The van der Waals surface area contributed by atoms with Crippen molar-refractivity contribution in [1.29, 1.82) is 0 Å². The van der Waals surface area contributed by atoms with E-state index in [0.717, 1.165) is 12.8 Å². The van der Waals surface area contributed by atoms with Crippen LogP contribution in [0.15, 0.2) is 12.1 Å². The van der Waals surface area contributed by atoms with Gasteiger partial charge in [-0.3, -0.25) is 0 Å². The van der Waals surface area contributed by atoms with Crippen LogP contribution >= 0.6 is 0 Å². The van der Waals surface area contributed by atoms with Gasteiger partial charge in [-0.1, -0.05) is 12.1 Å². The summed E-state index contributed by atoms with van der Waals surface area (Å²) in [4.78, 5) is 2.31. The minimum atomic E-state index is 0.277. The molecule has 0 saturated heterocycles. The van der Waals surface area contributed by atoms with Crippen molar-refractivity contribution in [3.8, 4) is 0 Å². The molecule has 1 aromatic carbocycles. The van der Waals surface area contributed by atoms with Gasteiger partial charge >= 0.3 is 0 Å². The van der Waals surface area contributed by atoms with Crippen molar-refractivity contribution in [2.75, 3.05) is 14.1 Å². The Hall–Kier alpha value is -0.860. The maximum absolute atomic E-state index is 5.89.